The number of hydrogen-bond donors (Lipinski definition) is 1. The molecule has 0 unspecified atom stereocenters. The number of anilines is 1. The molecule has 17 heavy (non-hydrogen) atoms. The molecular weight excluding hydrogens is 206 g/mol. The molecule has 1 aromatic rings. The van der Waals surface area contributed by atoms with E-state index in [1.165, 1.54) is 22.3 Å². The van der Waals surface area contributed by atoms with Crippen molar-refractivity contribution in [3.8, 4) is 0 Å². The summed E-state index contributed by atoms with van der Waals surface area (Å²) in [6.07, 6.45) is 3.43. The van der Waals surface area contributed by atoms with Crippen molar-refractivity contribution < 1.29 is 0 Å². The Bertz CT molecular complexity index is 487. The predicted octanol–water partition coefficient (Wildman–Crippen LogP) is 4.42. The summed E-state index contributed by atoms with van der Waals surface area (Å²) in [5, 5.41) is 0. The van der Waals surface area contributed by atoms with Crippen molar-refractivity contribution in [2.75, 3.05) is 5.73 Å². The van der Waals surface area contributed by atoms with Gasteiger partial charge in [0.05, 0.1) is 0 Å². The zero-order chi connectivity index (χ0) is 12.6. The Kier molecular flexibility index (Phi) is 2.86. The molecule has 90 valence electrons. The molecule has 0 saturated carbocycles. The van der Waals surface area contributed by atoms with Gasteiger partial charge in [-0.15, -0.1) is 0 Å². The van der Waals surface area contributed by atoms with Gasteiger partial charge in [0.2, 0.25) is 0 Å². The third-order valence-electron chi connectivity index (χ3n) is 3.45. The van der Waals surface area contributed by atoms with Crippen LogP contribution in [0, 0.1) is 5.41 Å². The molecule has 0 bridgehead atoms. The molecule has 0 fully saturated rings. The van der Waals surface area contributed by atoms with Crippen LogP contribution in [0.15, 0.2) is 41.5 Å². The zero-order valence-electron chi connectivity index (χ0n) is 11.2. The Morgan fingerprint density at radius 1 is 1.06 bits per heavy atom. The average molecular weight is 227 g/mol. The quantitative estimate of drug-likeness (QED) is 0.706. The summed E-state index contributed by atoms with van der Waals surface area (Å²) in [6.45, 7) is 9.05. The molecule has 0 aliphatic heterocycles. The van der Waals surface area contributed by atoms with Gasteiger partial charge in [-0.05, 0) is 54.5 Å². The minimum Gasteiger partial charge on any atom is -0.399 e. The Hall–Kier alpha value is -1.50. The highest BCUT2D eigenvalue weighted by Crippen LogP contribution is 2.45. The van der Waals surface area contributed by atoms with Crippen LogP contribution >= 0.6 is 0 Å². The van der Waals surface area contributed by atoms with Gasteiger partial charge < -0.3 is 5.73 Å². The molecule has 1 aliphatic rings. The largest absolute Gasteiger partial charge is 0.399 e. The fourth-order valence-electron chi connectivity index (χ4n) is 3.08. The highest BCUT2D eigenvalue weighted by molar-refractivity contribution is 5.76. The van der Waals surface area contributed by atoms with Crippen molar-refractivity contribution in [3.05, 3.63) is 47.1 Å². The van der Waals surface area contributed by atoms with Crippen LogP contribution in [0.2, 0.25) is 0 Å². The maximum Gasteiger partial charge on any atom is 0.0314 e. The normalized spacial score (nSPS) is 19.2. The van der Waals surface area contributed by atoms with E-state index in [9.17, 15) is 0 Å². The van der Waals surface area contributed by atoms with E-state index >= 15 is 0 Å². The first kappa shape index (κ1) is 12.0. The topological polar surface area (TPSA) is 26.0 Å². The molecule has 1 heteroatoms. The molecule has 1 aromatic carbocycles. The number of rotatable bonds is 1. The molecule has 2 rings (SSSR count). The third kappa shape index (κ3) is 2.28. The van der Waals surface area contributed by atoms with Crippen LogP contribution in [-0.2, 0) is 0 Å². The van der Waals surface area contributed by atoms with Gasteiger partial charge in [0, 0.05) is 5.69 Å². The van der Waals surface area contributed by atoms with Gasteiger partial charge in [0.1, 0.15) is 0 Å². The van der Waals surface area contributed by atoms with Crippen molar-refractivity contribution in [3.63, 3.8) is 0 Å². The third-order valence-corrected chi connectivity index (χ3v) is 3.45. The molecule has 0 amide bonds. The Balaban J connectivity index is 2.55. The summed E-state index contributed by atoms with van der Waals surface area (Å²) in [4.78, 5) is 0. The number of nitrogen functional groups attached to an aromatic ring is 1. The molecule has 0 saturated heterocycles. The molecule has 0 radical (unpaired) electrons. The van der Waals surface area contributed by atoms with Crippen LogP contribution in [-0.4, -0.2) is 0 Å². The van der Waals surface area contributed by atoms with E-state index in [2.05, 4.69) is 45.9 Å². The number of benzene rings is 1. The second-order valence-corrected chi connectivity index (χ2v) is 5.73. The minimum atomic E-state index is 0.207. The molecule has 0 atom stereocenters. The Labute approximate surface area is 104 Å². The molecule has 1 nitrogen and oxygen atoms in total. The van der Waals surface area contributed by atoms with E-state index in [0.717, 1.165) is 12.1 Å². The lowest BCUT2D eigenvalue weighted by Crippen LogP contribution is -2.18. The van der Waals surface area contributed by atoms with E-state index < -0.39 is 0 Å². The van der Waals surface area contributed by atoms with Crippen LogP contribution in [0.1, 0.15) is 39.7 Å². The second kappa shape index (κ2) is 4.06. The SMILES string of the molecule is CC1=CC(C)=C(c2ccc(N)cc2)C(C)(C)C1. The highest BCUT2D eigenvalue weighted by Gasteiger charge is 2.29. The highest BCUT2D eigenvalue weighted by atomic mass is 14.5. The lowest BCUT2D eigenvalue weighted by Gasteiger charge is -2.34. The van der Waals surface area contributed by atoms with Gasteiger partial charge in [0.25, 0.3) is 0 Å². The van der Waals surface area contributed by atoms with Crippen molar-refractivity contribution in [2.45, 2.75) is 34.1 Å². The lowest BCUT2D eigenvalue weighted by molar-refractivity contribution is 0.488. The maximum atomic E-state index is 5.75. The van der Waals surface area contributed by atoms with Crippen LogP contribution in [0.3, 0.4) is 0 Å². The van der Waals surface area contributed by atoms with E-state index in [0.29, 0.717) is 0 Å². The molecule has 0 spiro atoms. The zero-order valence-corrected chi connectivity index (χ0v) is 11.2. The van der Waals surface area contributed by atoms with Crippen molar-refractivity contribution in [1.29, 1.82) is 0 Å². The van der Waals surface area contributed by atoms with Gasteiger partial charge in [-0.2, -0.15) is 0 Å². The van der Waals surface area contributed by atoms with Gasteiger partial charge in [-0.1, -0.05) is 37.6 Å². The number of nitrogens with two attached hydrogens (primary N) is 1. The van der Waals surface area contributed by atoms with Crippen LogP contribution in [0.25, 0.3) is 5.57 Å². The molecule has 1 aliphatic carbocycles. The number of hydrogen-bond acceptors (Lipinski definition) is 1. The van der Waals surface area contributed by atoms with Crippen LogP contribution < -0.4 is 5.73 Å². The summed E-state index contributed by atoms with van der Waals surface area (Å²) in [6, 6.07) is 8.22. The monoisotopic (exact) mass is 227 g/mol. The van der Waals surface area contributed by atoms with Crippen LogP contribution in [0.5, 0.6) is 0 Å². The van der Waals surface area contributed by atoms with Crippen molar-refractivity contribution >= 4 is 11.3 Å². The van der Waals surface area contributed by atoms with Gasteiger partial charge >= 0.3 is 0 Å². The van der Waals surface area contributed by atoms with Gasteiger partial charge in [0.15, 0.2) is 0 Å². The maximum absolute atomic E-state index is 5.75. The first-order valence-electron chi connectivity index (χ1n) is 6.14. The van der Waals surface area contributed by atoms with Gasteiger partial charge in [-0.25, -0.2) is 0 Å². The summed E-state index contributed by atoms with van der Waals surface area (Å²) in [5.41, 5.74) is 12.4. The summed E-state index contributed by atoms with van der Waals surface area (Å²) in [5.74, 6) is 0. The average Bonchev–Trinajstić information content (AvgIpc) is 2.18. The van der Waals surface area contributed by atoms with Crippen molar-refractivity contribution in [1.82, 2.24) is 0 Å². The van der Waals surface area contributed by atoms with E-state index in [1.807, 2.05) is 12.1 Å². The molecule has 2 N–H and O–H groups in total. The minimum absolute atomic E-state index is 0.207. The summed E-state index contributed by atoms with van der Waals surface area (Å²) >= 11 is 0. The first-order chi connectivity index (χ1) is 7.90. The van der Waals surface area contributed by atoms with Crippen LogP contribution in [0.4, 0.5) is 5.69 Å². The second-order valence-electron chi connectivity index (χ2n) is 5.73. The standard InChI is InChI=1S/C16H21N/c1-11-9-12(2)15(16(3,4)10-11)13-5-7-14(17)8-6-13/h5-9H,10,17H2,1-4H3. The van der Waals surface area contributed by atoms with E-state index in [4.69, 9.17) is 5.73 Å². The summed E-state index contributed by atoms with van der Waals surface area (Å²) in [7, 11) is 0. The fourth-order valence-corrected chi connectivity index (χ4v) is 3.08. The lowest BCUT2D eigenvalue weighted by atomic mass is 9.71. The summed E-state index contributed by atoms with van der Waals surface area (Å²) < 4.78 is 0. The number of allylic oxidation sites excluding steroid dienone is 4. The molecular formula is C16H21N. The Morgan fingerprint density at radius 2 is 1.65 bits per heavy atom. The molecule has 0 aromatic heterocycles. The first-order valence-corrected chi connectivity index (χ1v) is 6.14. The van der Waals surface area contributed by atoms with Gasteiger partial charge in [-0.3, -0.25) is 0 Å². The Morgan fingerprint density at radius 3 is 2.18 bits per heavy atom. The van der Waals surface area contributed by atoms with Crippen molar-refractivity contribution in [2.24, 2.45) is 5.41 Å². The smallest absolute Gasteiger partial charge is 0.0314 e. The van der Waals surface area contributed by atoms with E-state index in [1.54, 1.807) is 0 Å². The predicted molar refractivity (Wildman–Crippen MR) is 75.6 cm³/mol. The molecule has 0 heterocycles. The fraction of sp³-hybridized carbons (Fsp3) is 0.375. The van der Waals surface area contributed by atoms with E-state index in [-0.39, 0.29) is 5.41 Å².